The van der Waals surface area contributed by atoms with Gasteiger partial charge >= 0.3 is 0 Å². The van der Waals surface area contributed by atoms with Crippen molar-refractivity contribution < 1.29 is 19.4 Å². The van der Waals surface area contributed by atoms with Crippen LogP contribution in [0.4, 0.5) is 0 Å². The lowest BCUT2D eigenvalue weighted by atomic mass is 10.2. The maximum Gasteiger partial charge on any atom is 0.208 e. The molecular weight excluding hydrogens is 392 g/mol. The highest BCUT2D eigenvalue weighted by Crippen LogP contribution is 2.22. The first-order valence-electron chi connectivity index (χ1n) is 8.85. The van der Waals surface area contributed by atoms with Gasteiger partial charge in [0.05, 0.1) is 20.4 Å². The Labute approximate surface area is 172 Å². The SMILES string of the molecule is COc1ccc(/C=N/OCC(O)CSc2n[nH]c(-c3ccc(OC)cc3)n2)cc1. The molecule has 29 heavy (non-hydrogen) atoms. The summed E-state index contributed by atoms with van der Waals surface area (Å²) < 4.78 is 10.2. The minimum Gasteiger partial charge on any atom is -0.497 e. The molecule has 2 N–H and O–H groups in total. The highest BCUT2D eigenvalue weighted by Gasteiger charge is 2.10. The predicted molar refractivity (Wildman–Crippen MR) is 112 cm³/mol. The molecule has 152 valence electrons. The van der Waals surface area contributed by atoms with Crippen LogP contribution in [-0.2, 0) is 4.84 Å². The first-order chi connectivity index (χ1) is 14.2. The van der Waals surface area contributed by atoms with Crippen LogP contribution < -0.4 is 9.47 Å². The molecule has 1 unspecified atom stereocenters. The Morgan fingerprint density at radius 3 is 2.38 bits per heavy atom. The van der Waals surface area contributed by atoms with Gasteiger partial charge in [-0.1, -0.05) is 16.9 Å². The molecule has 0 saturated carbocycles. The van der Waals surface area contributed by atoms with Gasteiger partial charge in [-0.2, -0.15) is 0 Å². The monoisotopic (exact) mass is 414 g/mol. The van der Waals surface area contributed by atoms with Crippen molar-refractivity contribution in [3.05, 3.63) is 54.1 Å². The van der Waals surface area contributed by atoms with Crippen molar-refractivity contribution in [2.75, 3.05) is 26.6 Å². The Kier molecular flexibility index (Phi) is 7.48. The fraction of sp³-hybridized carbons (Fsp3) is 0.250. The van der Waals surface area contributed by atoms with Gasteiger partial charge in [0.2, 0.25) is 5.16 Å². The van der Waals surface area contributed by atoms with E-state index in [0.717, 1.165) is 22.6 Å². The summed E-state index contributed by atoms with van der Waals surface area (Å²) in [6.07, 6.45) is 0.881. The van der Waals surface area contributed by atoms with Crippen LogP contribution in [0.5, 0.6) is 11.5 Å². The van der Waals surface area contributed by atoms with Gasteiger partial charge < -0.3 is 19.4 Å². The van der Waals surface area contributed by atoms with Crippen molar-refractivity contribution in [3.63, 3.8) is 0 Å². The Morgan fingerprint density at radius 1 is 1.07 bits per heavy atom. The zero-order chi connectivity index (χ0) is 20.5. The maximum absolute atomic E-state index is 10.0. The molecule has 0 fully saturated rings. The summed E-state index contributed by atoms with van der Waals surface area (Å²) in [5.74, 6) is 2.60. The number of rotatable bonds is 10. The first-order valence-corrected chi connectivity index (χ1v) is 9.83. The second-order valence-electron chi connectivity index (χ2n) is 5.96. The van der Waals surface area contributed by atoms with Crippen LogP contribution >= 0.6 is 11.8 Å². The molecule has 0 aliphatic carbocycles. The molecule has 0 radical (unpaired) electrons. The second-order valence-corrected chi connectivity index (χ2v) is 6.95. The zero-order valence-electron chi connectivity index (χ0n) is 16.1. The molecule has 0 saturated heterocycles. The van der Waals surface area contributed by atoms with Crippen molar-refractivity contribution in [2.24, 2.45) is 5.16 Å². The van der Waals surface area contributed by atoms with Crippen molar-refractivity contribution in [1.82, 2.24) is 15.2 Å². The topological polar surface area (TPSA) is 102 Å². The van der Waals surface area contributed by atoms with Crippen LogP contribution in [0.2, 0.25) is 0 Å². The minimum atomic E-state index is -0.698. The molecule has 1 aromatic heterocycles. The van der Waals surface area contributed by atoms with Gasteiger partial charge in [0.1, 0.15) is 24.2 Å². The lowest BCUT2D eigenvalue weighted by molar-refractivity contribution is 0.0532. The Bertz CT molecular complexity index is 913. The zero-order valence-corrected chi connectivity index (χ0v) is 16.9. The third kappa shape index (κ3) is 6.23. The molecule has 2 aromatic carbocycles. The molecule has 3 aromatic rings. The number of ether oxygens (including phenoxy) is 2. The number of aromatic amines is 1. The molecule has 0 amide bonds. The summed E-state index contributed by atoms with van der Waals surface area (Å²) in [6.45, 7) is 0.0788. The quantitative estimate of drug-likeness (QED) is 0.299. The predicted octanol–water partition coefficient (Wildman–Crippen LogP) is 2.99. The number of aliphatic hydroxyl groups excluding tert-OH is 1. The number of nitrogens with zero attached hydrogens (tertiary/aromatic N) is 3. The average Bonchev–Trinajstić information content (AvgIpc) is 3.25. The van der Waals surface area contributed by atoms with Crippen LogP contribution in [0, 0.1) is 0 Å². The molecule has 0 spiro atoms. The summed E-state index contributed by atoms with van der Waals surface area (Å²) in [4.78, 5) is 9.58. The molecule has 1 heterocycles. The largest absolute Gasteiger partial charge is 0.497 e. The fourth-order valence-corrected chi connectivity index (χ4v) is 3.03. The molecule has 0 aliphatic heterocycles. The highest BCUT2D eigenvalue weighted by atomic mass is 32.2. The van der Waals surface area contributed by atoms with Crippen LogP contribution in [0.3, 0.4) is 0 Å². The summed E-state index contributed by atoms with van der Waals surface area (Å²) in [7, 11) is 3.24. The highest BCUT2D eigenvalue weighted by molar-refractivity contribution is 7.99. The molecule has 0 aliphatic rings. The molecule has 0 bridgehead atoms. The van der Waals surface area contributed by atoms with Gasteiger partial charge in [0.15, 0.2) is 5.82 Å². The smallest absolute Gasteiger partial charge is 0.208 e. The number of thioether (sulfide) groups is 1. The lowest BCUT2D eigenvalue weighted by Crippen LogP contribution is -2.16. The minimum absolute atomic E-state index is 0.0788. The van der Waals surface area contributed by atoms with Gasteiger partial charge in [-0.15, -0.1) is 5.10 Å². The molecular formula is C20H22N4O4S. The van der Waals surface area contributed by atoms with Gasteiger partial charge in [-0.25, -0.2) is 4.98 Å². The van der Waals surface area contributed by atoms with E-state index in [0.29, 0.717) is 16.7 Å². The molecule has 3 rings (SSSR count). The van der Waals surface area contributed by atoms with E-state index in [9.17, 15) is 5.11 Å². The standard InChI is InChI=1S/C20H22N4O4S/c1-26-17-7-3-14(4-8-17)11-21-28-12-16(25)13-29-20-22-19(23-24-20)15-5-9-18(27-2)10-6-15/h3-11,16,25H,12-13H2,1-2H3,(H,22,23,24)/b21-11+. The Balaban J connectivity index is 1.41. The van der Waals surface area contributed by atoms with Crippen LogP contribution in [0.15, 0.2) is 58.8 Å². The first kappa shape index (κ1) is 20.7. The number of benzene rings is 2. The van der Waals surface area contributed by atoms with E-state index >= 15 is 0 Å². The van der Waals surface area contributed by atoms with E-state index in [1.807, 2.05) is 48.5 Å². The van der Waals surface area contributed by atoms with Gasteiger partial charge in [-0.05, 0) is 54.1 Å². The number of H-pyrrole nitrogens is 1. The van der Waals surface area contributed by atoms with E-state index in [-0.39, 0.29) is 6.61 Å². The maximum atomic E-state index is 10.0. The fourth-order valence-electron chi connectivity index (χ4n) is 2.32. The van der Waals surface area contributed by atoms with E-state index in [1.165, 1.54) is 11.8 Å². The number of hydrogen-bond acceptors (Lipinski definition) is 8. The lowest BCUT2D eigenvalue weighted by Gasteiger charge is -2.06. The van der Waals surface area contributed by atoms with Crippen LogP contribution in [-0.4, -0.2) is 59.2 Å². The van der Waals surface area contributed by atoms with Crippen molar-refractivity contribution in [2.45, 2.75) is 11.3 Å². The average molecular weight is 414 g/mol. The van der Waals surface area contributed by atoms with Crippen molar-refractivity contribution in [1.29, 1.82) is 0 Å². The number of methoxy groups -OCH3 is 2. The second kappa shape index (κ2) is 10.5. The van der Waals surface area contributed by atoms with Crippen LogP contribution in [0.1, 0.15) is 5.56 Å². The number of oxime groups is 1. The number of aromatic nitrogens is 3. The summed E-state index contributed by atoms with van der Waals surface area (Å²) >= 11 is 1.34. The van der Waals surface area contributed by atoms with Gasteiger partial charge in [-0.3, -0.25) is 5.10 Å². The summed E-state index contributed by atoms with van der Waals surface area (Å²) in [5.41, 5.74) is 1.78. The van der Waals surface area contributed by atoms with E-state index in [4.69, 9.17) is 14.3 Å². The van der Waals surface area contributed by atoms with Crippen LogP contribution in [0.25, 0.3) is 11.4 Å². The summed E-state index contributed by atoms with van der Waals surface area (Å²) in [6, 6.07) is 14.9. The summed E-state index contributed by atoms with van der Waals surface area (Å²) in [5, 5.41) is 21.5. The van der Waals surface area contributed by atoms with Crippen molar-refractivity contribution in [3.8, 4) is 22.9 Å². The number of aliphatic hydroxyl groups is 1. The van der Waals surface area contributed by atoms with Gasteiger partial charge in [0.25, 0.3) is 0 Å². The Morgan fingerprint density at radius 2 is 1.72 bits per heavy atom. The normalized spacial score (nSPS) is 12.1. The molecule has 1 atom stereocenters. The van der Waals surface area contributed by atoms with E-state index < -0.39 is 6.10 Å². The van der Waals surface area contributed by atoms with Gasteiger partial charge in [0, 0.05) is 11.3 Å². The Hall–Kier alpha value is -3.04. The molecule has 9 heteroatoms. The van der Waals surface area contributed by atoms with E-state index in [2.05, 4.69) is 20.3 Å². The van der Waals surface area contributed by atoms with Crippen molar-refractivity contribution >= 4 is 18.0 Å². The third-order valence-electron chi connectivity index (χ3n) is 3.89. The number of hydrogen-bond donors (Lipinski definition) is 2. The van der Waals surface area contributed by atoms with E-state index in [1.54, 1.807) is 20.4 Å². The molecule has 8 nitrogen and oxygen atoms in total. The third-order valence-corrected chi connectivity index (χ3v) is 4.88. The number of nitrogens with one attached hydrogen (secondary N) is 1.